The number of hydrogen-bond donors (Lipinski definition) is 3. The van der Waals surface area contributed by atoms with Crippen LogP contribution in [0.5, 0.6) is 0 Å². The standard InChI is InChI=1S/C15H25N5O2.C2H2O4/c1-12(2)19-9-8-18(15(19)22)7-5-17-11-14(21)20-6-3-4-13(20)10-16;3-1(4)2(5)6/h12-13,17H,3-9,11H2,1-2H3;(H,3,4)(H,5,6)/t13-;/m0./s1. The summed E-state index contributed by atoms with van der Waals surface area (Å²) >= 11 is 0. The van der Waals surface area contributed by atoms with Crippen molar-refractivity contribution in [3.63, 3.8) is 0 Å². The topological polar surface area (TPSA) is 154 Å². The molecule has 1 atom stereocenters. The number of carboxylic acids is 2. The van der Waals surface area contributed by atoms with Crippen LogP contribution < -0.4 is 5.32 Å². The first-order valence-electron chi connectivity index (χ1n) is 9.10. The second-order valence-electron chi connectivity index (χ2n) is 6.72. The number of rotatable bonds is 6. The van der Waals surface area contributed by atoms with Gasteiger partial charge in [0.2, 0.25) is 5.91 Å². The van der Waals surface area contributed by atoms with E-state index >= 15 is 0 Å². The molecule has 0 aromatic rings. The molecule has 0 radical (unpaired) electrons. The Balaban J connectivity index is 0.000000568. The largest absolute Gasteiger partial charge is 0.473 e. The molecule has 2 aliphatic heterocycles. The Labute approximate surface area is 163 Å². The van der Waals surface area contributed by atoms with Gasteiger partial charge in [-0.1, -0.05) is 0 Å². The van der Waals surface area contributed by atoms with Crippen LogP contribution >= 0.6 is 0 Å². The number of nitrogens with one attached hydrogen (secondary N) is 1. The summed E-state index contributed by atoms with van der Waals surface area (Å²) in [5.74, 6) is -3.68. The highest BCUT2D eigenvalue weighted by molar-refractivity contribution is 6.27. The van der Waals surface area contributed by atoms with E-state index in [-0.39, 0.29) is 30.6 Å². The van der Waals surface area contributed by atoms with Crippen molar-refractivity contribution in [3.05, 3.63) is 0 Å². The van der Waals surface area contributed by atoms with Gasteiger partial charge in [-0.25, -0.2) is 14.4 Å². The molecule has 3 N–H and O–H groups in total. The van der Waals surface area contributed by atoms with Gasteiger partial charge < -0.3 is 30.2 Å². The molecule has 156 valence electrons. The average Bonchev–Trinajstić information content (AvgIpc) is 3.25. The number of carbonyl (C=O) groups excluding carboxylic acids is 2. The van der Waals surface area contributed by atoms with E-state index in [2.05, 4.69) is 11.4 Å². The van der Waals surface area contributed by atoms with E-state index in [9.17, 15) is 9.59 Å². The third-order valence-electron chi connectivity index (χ3n) is 4.49. The van der Waals surface area contributed by atoms with E-state index in [0.717, 1.165) is 25.9 Å². The fraction of sp³-hybridized carbons (Fsp3) is 0.706. The average molecular weight is 397 g/mol. The maximum Gasteiger partial charge on any atom is 0.414 e. The van der Waals surface area contributed by atoms with Crippen LogP contribution in [0.2, 0.25) is 0 Å². The smallest absolute Gasteiger partial charge is 0.414 e. The highest BCUT2D eigenvalue weighted by Gasteiger charge is 2.30. The quantitative estimate of drug-likeness (QED) is 0.396. The van der Waals surface area contributed by atoms with E-state index in [1.165, 1.54) is 0 Å². The number of amides is 3. The molecule has 0 aliphatic carbocycles. The number of likely N-dealkylation sites (tertiary alicyclic amines) is 1. The van der Waals surface area contributed by atoms with Crippen molar-refractivity contribution >= 4 is 23.9 Å². The Hall–Kier alpha value is -2.87. The van der Waals surface area contributed by atoms with Crippen LogP contribution in [0.15, 0.2) is 0 Å². The second kappa shape index (κ2) is 11.1. The maximum atomic E-state index is 12.1. The van der Waals surface area contributed by atoms with Gasteiger partial charge in [-0.2, -0.15) is 5.26 Å². The van der Waals surface area contributed by atoms with E-state index in [1.54, 1.807) is 4.90 Å². The van der Waals surface area contributed by atoms with Gasteiger partial charge in [0.1, 0.15) is 6.04 Å². The molecule has 0 aromatic heterocycles. The number of nitrogens with zero attached hydrogens (tertiary/aromatic N) is 4. The summed E-state index contributed by atoms with van der Waals surface area (Å²) in [5, 5.41) is 26.9. The molecule has 2 fully saturated rings. The van der Waals surface area contributed by atoms with Gasteiger partial charge in [0.25, 0.3) is 0 Å². The van der Waals surface area contributed by atoms with Crippen LogP contribution in [0.25, 0.3) is 0 Å². The second-order valence-corrected chi connectivity index (χ2v) is 6.72. The van der Waals surface area contributed by atoms with Gasteiger partial charge in [-0.15, -0.1) is 0 Å². The van der Waals surface area contributed by atoms with Crippen molar-refractivity contribution in [3.8, 4) is 6.07 Å². The van der Waals surface area contributed by atoms with Crippen molar-refractivity contribution in [2.24, 2.45) is 0 Å². The Morgan fingerprint density at radius 2 is 1.86 bits per heavy atom. The molecule has 28 heavy (non-hydrogen) atoms. The fourth-order valence-corrected chi connectivity index (χ4v) is 3.00. The number of nitriles is 1. The van der Waals surface area contributed by atoms with Gasteiger partial charge in [0.15, 0.2) is 0 Å². The molecule has 2 heterocycles. The molecule has 2 rings (SSSR count). The summed E-state index contributed by atoms with van der Waals surface area (Å²) in [6.07, 6.45) is 1.67. The Morgan fingerprint density at radius 1 is 1.21 bits per heavy atom. The summed E-state index contributed by atoms with van der Waals surface area (Å²) < 4.78 is 0. The first kappa shape index (κ1) is 23.2. The normalized spacial score (nSPS) is 18.7. The monoisotopic (exact) mass is 397 g/mol. The molecule has 0 unspecified atom stereocenters. The van der Waals surface area contributed by atoms with Crippen molar-refractivity contribution < 1.29 is 29.4 Å². The molecule has 2 saturated heterocycles. The van der Waals surface area contributed by atoms with E-state index in [0.29, 0.717) is 19.6 Å². The van der Waals surface area contributed by atoms with Crippen LogP contribution in [0, 0.1) is 11.3 Å². The minimum absolute atomic E-state index is 0.0272. The summed E-state index contributed by atoms with van der Waals surface area (Å²) in [6, 6.07) is 2.20. The zero-order chi connectivity index (χ0) is 21.3. The highest BCUT2D eigenvalue weighted by Crippen LogP contribution is 2.16. The van der Waals surface area contributed by atoms with E-state index < -0.39 is 11.9 Å². The molecular weight excluding hydrogens is 370 g/mol. The lowest BCUT2D eigenvalue weighted by molar-refractivity contribution is -0.159. The summed E-state index contributed by atoms with van der Waals surface area (Å²) in [7, 11) is 0. The molecule has 0 spiro atoms. The third kappa shape index (κ3) is 6.70. The first-order valence-corrected chi connectivity index (χ1v) is 9.10. The molecule has 2 aliphatic rings. The minimum atomic E-state index is -1.82. The van der Waals surface area contributed by atoms with Crippen LogP contribution in [0.4, 0.5) is 4.79 Å². The van der Waals surface area contributed by atoms with E-state index in [1.807, 2.05) is 23.6 Å². The number of carbonyl (C=O) groups is 4. The predicted molar refractivity (Wildman–Crippen MR) is 97.3 cm³/mol. The predicted octanol–water partition coefficient (Wildman–Crippen LogP) is -0.608. The van der Waals surface area contributed by atoms with Gasteiger partial charge in [0.05, 0.1) is 12.6 Å². The zero-order valence-corrected chi connectivity index (χ0v) is 16.1. The first-order chi connectivity index (χ1) is 13.2. The highest BCUT2D eigenvalue weighted by atomic mass is 16.4. The molecule has 0 bridgehead atoms. The summed E-state index contributed by atoms with van der Waals surface area (Å²) in [4.78, 5) is 47.6. The summed E-state index contributed by atoms with van der Waals surface area (Å²) in [5.41, 5.74) is 0. The van der Waals surface area contributed by atoms with Crippen molar-refractivity contribution in [1.29, 1.82) is 5.26 Å². The van der Waals surface area contributed by atoms with E-state index in [4.69, 9.17) is 25.1 Å². The summed E-state index contributed by atoms with van der Waals surface area (Å²) in [6.45, 7) is 7.65. The van der Waals surface area contributed by atoms with Gasteiger partial charge in [0, 0.05) is 38.8 Å². The SMILES string of the molecule is CC(C)N1CCN(CCNCC(=O)N2CCC[C@H]2C#N)C1=O.O=C(O)C(=O)O. The molecule has 0 saturated carbocycles. The van der Waals surface area contributed by atoms with Crippen LogP contribution in [0.3, 0.4) is 0 Å². The minimum Gasteiger partial charge on any atom is -0.473 e. The number of aliphatic carboxylic acids is 2. The lowest BCUT2D eigenvalue weighted by Crippen LogP contribution is -2.43. The Kier molecular flexibility index (Phi) is 9.17. The Morgan fingerprint density at radius 3 is 2.36 bits per heavy atom. The van der Waals surface area contributed by atoms with Crippen LogP contribution in [0.1, 0.15) is 26.7 Å². The maximum absolute atomic E-state index is 12.1. The zero-order valence-electron chi connectivity index (χ0n) is 16.1. The third-order valence-corrected chi connectivity index (χ3v) is 4.49. The molecular formula is C17H27N5O6. The lowest BCUT2D eigenvalue weighted by Gasteiger charge is -2.22. The molecule has 0 aromatic carbocycles. The Bertz CT molecular complexity index is 620. The van der Waals surface area contributed by atoms with Crippen molar-refractivity contribution in [2.75, 3.05) is 39.3 Å². The van der Waals surface area contributed by atoms with Gasteiger partial charge >= 0.3 is 18.0 Å². The fourth-order valence-electron chi connectivity index (χ4n) is 3.00. The lowest BCUT2D eigenvalue weighted by atomic mass is 10.2. The molecule has 11 nitrogen and oxygen atoms in total. The number of hydrogen-bond acceptors (Lipinski definition) is 6. The van der Waals surface area contributed by atoms with Crippen LogP contribution in [-0.2, 0) is 14.4 Å². The molecule has 3 amide bonds. The number of urea groups is 1. The van der Waals surface area contributed by atoms with Gasteiger partial charge in [-0.3, -0.25) is 4.79 Å². The number of carboxylic acid groups (broad SMARTS) is 2. The van der Waals surface area contributed by atoms with Crippen molar-refractivity contribution in [2.45, 2.75) is 38.8 Å². The van der Waals surface area contributed by atoms with Gasteiger partial charge in [-0.05, 0) is 26.7 Å². The molecule has 11 heteroatoms. The van der Waals surface area contributed by atoms with Crippen LogP contribution in [-0.4, -0.2) is 100 Å². The van der Waals surface area contributed by atoms with Crippen molar-refractivity contribution in [1.82, 2.24) is 20.0 Å².